The van der Waals surface area contributed by atoms with Crippen LogP contribution in [0.25, 0.3) is 0 Å². The second kappa shape index (κ2) is 10.1. The Morgan fingerprint density at radius 3 is 2.20 bits per heavy atom. The summed E-state index contributed by atoms with van der Waals surface area (Å²) in [6, 6.07) is 0. The number of nitrogens with zero attached hydrogens (tertiary/aromatic N) is 2. The summed E-state index contributed by atoms with van der Waals surface area (Å²) in [5.41, 5.74) is 0. The second-order valence-corrected chi connectivity index (χ2v) is 4.50. The molecule has 0 spiro atoms. The summed E-state index contributed by atoms with van der Waals surface area (Å²) in [7, 11) is 4.17. The molecule has 0 unspecified atom stereocenters. The minimum atomic E-state index is -0.603. The number of amides is 2. The Hall–Kier alpha value is -1.79. The van der Waals surface area contributed by atoms with E-state index < -0.39 is 12.1 Å². The summed E-state index contributed by atoms with van der Waals surface area (Å²) in [6.45, 7) is 2.16. The van der Waals surface area contributed by atoms with E-state index in [4.69, 9.17) is 4.74 Å². The number of hydrogen-bond donors (Lipinski definition) is 0. The molecule has 116 valence electrons. The number of ether oxygens (including phenoxy) is 2. The molecule has 0 fully saturated rings. The molecule has 7 heteroatoms. The molecule has 0 saturated heterocycles. The third-order valence-corrected chi connectivity index (χ3v) is 2.66. The highest BCUT2D eigenvalue weighted by Crippen LogP contribution is 1.96. The third kappa shape index (κ3) is 7.60. The lowest BCUT2D eigenvalue weighted by molar-refractivity contribution is -0.148. The lowest BCUT2D eigenvalue weighted by Gasteiger charge is -2.20. The van der Waals surface area contributed by atoms with Gasteiger partial charge in [0.05, 0.1) is 13.7 Å². The zero-order valence-corrected chi connectivity index (χ0v) is 12.7. The summed E-state index contributed by atoms with van der Waals surface area (Å²) in [6.07, 6.45) is 2.28. The third-order valence-electron chi connectivity index (χ3n) is 2.66. The van der Waals surface area contributed by atoms with Gasteiger partial charge in [-0.15, -0.1) is 0 Å². The van der Waals surface area contributed by atoms with Gasteiger partial charge in [-0.05, 0) is 6.42 Å². The van der Waals surface area contributed by atoms with Gasteiger partial charge in [-0.25, -0.2) is 4.79 Å². The van der Waals surface area contributed by atoms with E-state index in [2.05, 4.69) is 11.7 Å². The van der Waals surface area contributed by atoms with Gasteiger partial charge in [-0.3, -0.25) is 9.59 Å². The first-order valence-electron chi connectivity index (χ1n) is 6.61. The first kappa shape index (κ1) is 18.2. The van der Waals surface area contributed by atoms with Crippen LogP contribution in [0.15, 0.2) is 0 Å². The Morgan fingerprint density at radius 2 is 1.65 bits per heavy atom. The molecule has 0 aliphatic rings. The molecule has 0 saturated carbocycles. The summed E-state index contributed by atoms with van der Waals surface area (Å²) in [4.78, 5) is 36.7. The van der Waals surface area contributed by atoms with Crippen LogP contribution in [-0.4, -0.2) is 68.7 Å². The molecule has 0 aromatic carbocycles. The maximum atomic E-state index is 11.8. The second-order valence-electron chi connectivity index (χ2n) is 4.50. The predicted octanol–water partition coefficient (Wildman–Crippen LogP) is 0.876. The standard InChI is InChI=1S/C13H24N2O5/c1-5-6-7-8-20-12(17)10-14(2)11(16)9-15(3)13(18)19-4/h5-10H2,1-4H3. The van der Waals surface area contributed by atoms with Gasteiger partial charge in [0, 0.05) is 14.1 Å². The van der Waals surface area contributed by atoms with Crippen molar-refractivity contribution in [3.05, 3.63) is 0 Å². The SMILES string of the molecule is CCCCCOC(=O)CN(C)C(=O)CN(C)C(=O)OC. The van der Waals surface area contributed by atoms with Crippen molar-refractivity contribution in [2.45, 2.75) is 26.2 Å². The highest BCUT2D eigenvalue weighted by molar-refractivity contribution is 5.85. The molecule has 7 nitrogen and oxygen atoms in total. The molecule has 0 aromatic rings. The Balaban J connectivity index is 4.00. The van der Waals surface area contributed by atoms with Crippen LogP contribution in [0.4, 0.5) is 4.79 Å². The van der Waals surface area contributed by atoms with Crippen molar-refractivity contribution in [1.82, 2.24) is 9.80 Å². The van der Waals surface area contributed by atoms with E-state index in [-0.39, 0.29) is 19.0 Å². The summed E-state index contributed by atoms with van der Waals surface area (Å²) in [5, 5.41) is 0. The molecule has 0 aliphatic carbocycles. The van der Waals surface area contributed by atoms with Crippen molar-refractivity contribution in [3.63, 3.8) is 0 Å². The zero-order chi connectivity index (χ0) is 15.5. The van der Waals surface area contributed by atoms with Crippen molar-refractivity contribution in [2.75, 3.05) is 40.9 Å². The average Bonchev–Trinajstić information content (AvgIpc) is 2.42. The number of carbonyl (C=O) groups excluding carboxylic acids is 3. The molecule has 0 rings (SSSR count). The number of methoxy groups -OCH3 is 1. The van der Waals surface area contributed by atoms with Crippen LogP contribution in [-0.2, 0) is 19.1 Å². The van der Waals surface area contributed by atoms with Gasteiger partial charge in [-0.2, -0.15) is 0 Å². The number of esters is 1. The van der Waals surface area contributed by atoms with Gasteiger partial charge in [0.25, 0.3) is 0 Å². The molecule has 2 amide bonds. The van der Waals surface area contributed by atoms with E-state index in [1.54, 1.807) is 0 Å². The smallest absolute Gasteiger partial charge is 0.409 e. The number of likely N-dealkylation sites (N-methyl/N-ethyl adjacent to an activating group) is 2. The van der Waals surface area contributed by atoms with Crippen LogP contribution in [0.2, 0.25) is 0 Å². The predicted molar refractivity (Wildman–Crippen MR) is 73.2 cm³/mol. The van der Waals surface area contributed by atoms with E-state index in [0.29, 0.717) is 6.61 Å². The van der Waals surface area contributed by atoms with Crippen LogP contribution in [0.3, 0.4) is 0 Å². The lowest BCUT2D eigenvalue weighted by atomic mass is 10.3. The van der Waals surface area contributed by atoms with E-state index in [1.165, 1.54) is 26.1 Å². The molecule has 0 aliphatic heterocycles. The van der Waals surface area contributed by atoms with E-state index in [9.17, 15) is 14.4 Å². The lowest BCUT2D eigenvalue weighted by Crippen LogP contribution is -2.41. The van der Waals surface area contributed by atoms with E-state index in [0.717, 1.165) is 24.2 Å². The van der Waals surface area contributed by atoms with Crippen molar-refractivity contribution < 1.29 is 23.9 Å². The zero-order valence-electron chi connectivity index (χ0n) is 12.7. The Morgan fingerprint density at radius 1 is 1.00 bits per heavy atom. The van der Waals surface area contributed by atoms with Crippen LogP contribution < -0.4 is 0 Å². The number of rotatable bonds is 8. The van der Waals surface area contributed by atoms with Crippen LogP contribution in [0.1, 0.15) is 26.2 Å². The van der Waals surface area contributed by atoms with Gasteiger partial charge >= 0.3 is 12.1 Å². The normalized spacial score (nSPS) is 9.80. The molecule has 0 atom stereocenters. The largest absolute Gasteiger partial charge is 0.464 e. The van der Waals surface area contributed by atoms with Gasteiger partial charge in [0.2, 0.25) is 5.91 Å². The maximum Gasteiger partial charge on any atom is 0.409 e. The van der Waals surface area contributed by atoms with Crippen LogP contribution in [0.5, 0.6) is 0 Å². The van der Waals surface area contributed by atoms with Crippen LogP contribution >= 0.6 is 0 Å². The van der Waals surface area contributed by atoms with Crippen molar-refractivity contribution in [1.29, 1.82) is 0 Å². The van der Waals surface area contributed by atoms with Crippen molar-refractivity contribution in [3.8, 4) is 0 Å². The molecule has 0 N–H and O–H groups in total. The first-order chi connectivity index (χ1) is 9.42. The van der Waals surface area contributed by atoms with Gasteiger partial charge < -0.3 is 19.3 Å². The minimum absolute atomic E-state index is 0.125. The van der Waals surface area contributed by atoms with E-state index in [1.807, 2.05) is 0 Å². The first-order valence-corrected chi connectivity index (χ1v) is 6.61. The van der Waals surface area contributed by atoms with Gasteiger partial charge in [0.1, 0.15) is 13.1 Å². The Labute approximate surface area is 119 Å². The topological polar surface area (TPSA) is 76.2 Å². The number of hydrogen-bond acceptors (Lipinski definition) is 5. The molecule has 0 heterocycles. The molecule has 0 radical (unpaired) electrons. The molecule has 0 bridgehead atoms. The van der Waals surface area contributed by atoms with Crippen LogP contribution in [0, 0.1) is 0 Å². The maximum absolute atomic E-state index is 11.8. The highest BCUT2D eigenvalue weighted by Gasteiger charge is 2.18. The summed E-state index contributed by atoms with van der Waals surface area (Å²) < 4.78 is 9.47. The molecular weight excluding hydrogens is 264 g/mol. The highest BCUT2D eigenvalue weighted by atomic mass is 16.5. The molecule has 0 aromatic heterocycles. The Kier molecular flexibility index (Phi) is 9.15. The number of carbonyl (C=O) groups is 3. The van der Waals surface area contributed by atoms with Gasteiger partial charge in [0.15, 0.2) is 0 Å². The summed E-state index contributed by atoms with van der Waals surface area (Å²) >= 11 is 0. The summed E-state index contributed by atoms with van der Waals surface area (Å²) in [5.74, 6) is -0.805. The number of unbranched alkanes of at least 4 members (excludes halogenated alkanes) is 2. The fourth-order valence-corrected chi connectivity index (χ4v) is 1.41. The Bertz CT molecular complexity index is 333. The fraction of sp³-hybridized carbons (Fsp3) is 0.769. The molecular formula is C13H24N2O5. The fourth-order valence-electron chi connectivity index (χ4n) is 1.41. The van der Waals surface area contributed by atoms with Crippen molar-refractivity contribution >= 4 is 18.0 Å². The van der Waals surface area contributed by atoms with E-state index >= 15 is 0 Å². The van der Waals surface area contributed by atoms with Gasteiger partial charge in [-0.1, -0.05) is 19.8 Å². The minimum Gasteiger partial charge on any atom is -0.464 e. The molecule has 20 heavy (non-hydrogen) atoms. The average molecular weight is 288 g/mol. The van der Waals surface area contributed by atoms with Crippen molar-refractivity contribution in [2.24, 2.45) is 0 Å². The quantitative estimate of drug-likeness (QED) is 0.489. The monoisotopic (exact) mass is 288 g/mol.